The van der Waals surface area contributed by atoms with E-state index in [1.54, 1.807) is 0 Å². The Morgan fingerprint density at radius 1 is 0.909 bits per heavy atom. The van der Waals surface area contributed by atoms with Gasteiger partial charge >= 0.3 is 0 Å². The highest BCUT2D eigenvalue weighted by Gasteiger charge is 2.17. The van der Waals surface area contributed by atoms with Crippen LogP contribution in [0.4, 0.5) is 5.69 Å². The Labute approximate surface area is 142 Å². The van der Waals surface area contributed by atoms with Crippen molar-refractivity contribution in [2.75, 3.05) is 0 Å². The molecule has 108 valence electrons. The Balaban J connectivity index is 2.07. The fraction of sp³-hybridized carbons (Fsp3) is 0. The van der Waals surface area contributed by atoms with Crippen molar-refractivity contribution in [3.05, 3.63) is 56.4 Å². The van der Waals surface area contributed by atoms with Gasteiger partial charge in [0.05, 0.1) is 5.69 Å². The topological polar surface area (TPSA) is 61.0 Å². The summed E-state index contributed by atoms with van der Waals surface area (Å²) in [6, 6.07) is 11.8. The molecule has 2 aromatic heterocycles. The number of halogens is 2. The van der Waals surface area contributed by atoms with Gasteiger partial charge in [0, 0.05) is 42.5 Å². The quantitative estimate of drug-likeness (QED) is 0.372. The van der Waals surface area contributed by atoms with E-state index in [1.807, 2.05) is 42.6 Å². The lowest BCUT2D eigenvalue weighted by atomic mass is 10.1. The van der Waals surface area contributed by atoms with Crippen LogP contribution in [0, 0.1) is 4.91 Å². The number of aromatic amines is 2. The van der Waals surface area contributed by atoms with E-state index in [4.69, 9.17) is 0 Å². The summed E-state index contributed by atoms with van der Waals surface area (Å²) in [5.41, 5.74) is 3.98. The molecule has 4 nitrogen and oxygen atoms in total. The van der Waals surface area contributed by atoms with E-state index in [-0.39, 0.29) is 0 Å². The highest BCUT2D eigenvalue weighted by molar-refractivity contribution is 9.10. The molecule has 0 radical (unpaired) electrons. The Hall–Kier alpha value is -1.92. The van der Waals surface area contributed by atoms with Gasteiger partial charge in [-0.25, -0.2) is 0 Å². The third kappa shape index (κ3) is 2.02. The minimum Gasteiger partial charge on any atom is -0.360 e. The van der Waals surface area contributed by atoms with E-state index in [1.165, 1.54) is 0 Å². The van der Waals surface area contributed by atoms with Crippen molar-refractivity contribution in [2.24, 2.45) is 5.18 Å². The van der Waals surface area contributed by atoms with Gasteiger partial charge in [-0.1, -0.05) is 31.9 Å². The summed E-state index contributed by atoms with van der Waals surface area (Å²) in [5, 5.41) is 5.10. The molecule has 2 heterocycles. The number of rotatable bonds is 2. The molecule has 0 aliphatic carbocycles. The van der Waals surface area contributed by atoms with Crippen molar-refractivity contribution in [3.8, 4) is 11.3 Å². The third-order valence-corrected chi connectivity index (χ3v) is 4.72. The second kappa shape index (κ2) is 5.07. The largest absolute Gasteiger partial charge is 0.360 e. The molecule has 2 N–H and O–H groups in total. The summed E-state index contributed by atoms with van der Waals surface area (Å²) >= 11 is 6.92. The maximum atomic E-state index is 11.4. The van der Waals surface area contributed by atoms with E-state index in [0.29, 0.717) is 5.69 Å². The van der Waals surface area contributed by atoms with E-state index in [9.17, 15) is 4.91 Å². The van der Waals surface area contributed by atoms with E-state index < -0.39 is 0 Å². The molecular weight excluding hydrogens is 410 g/mol. The van der Waals surface area contributed by atoms with Crippen LogP contribution in [-0.4, -0.2) is 9.97 Å². The number of nitroso groups, excluding NO2 is 1. The van der Waals surface area contributed by atoms with Crippen LogP contribution in [0.1, 0.15) is 0 Å². The van der Waals surface area contributed by atoms with Crippen molar-refractivity contribution in [2.45, 2.75) is 0 Å². The number of H-pyrrole nitrogens is 2. The van der Waals surface area contributed by atoms with Crippen LogP contribution in [0.15, 0.2) is 56.7 Å². The summed E-state index contributed by atoms with van der Waals surface area (Å²) < 4.78 is 1.90. The van der Waals surface area contributed by atoms with Gasteiger partial charge in [0.25, 0.3) is 0 Å². The van der Waals surface area contributed by atoms with Crippen molar-refractivity contribution in [1.29, 1.82) is 0 Å². The number of fused-ring (bicyclic) bond motifs is 2. The third-order valence-electron chi connectivity index (χ3n) is 3.74. The van der Waals surface area contributed by atoms with Crippen molar-refractivity contribution in [1.82, 2.24) is 9.97 Å². The molecule has 4 aromatic rings. The average Bonchev–Trinajstić information content (AvgIpc) is 3.06. The van der Waals surface area contributed by atoms with Crippen LogP contribution in [0.25, 0.3) is 33.1 Å². The summed E-state index contributed by atoms with van der Waals surface area (Å²) in [6.45, 7) is 0. The number of hydrogen-bond donors (Lipinski definition) is 2. The second-order valence-corrected chi connectivity index (χ2v) is 6.85. The monoisotopic (exact) mass is 417 g/mol. The zero-order valence-corrected chi connectivity index (χ0v) is 14.3. The van der Waals surface area contributed by atoms with Crippen LogP contribution >= 0.6 is 31.9 Å². The van der Waals surface area contributed by atoms with Crippen LogP contribution in [0.5, 0.6) is 0 Å². The normalized spacial score (nSPS) is 11.4. The van der Waals surface area contributed by atoms with Crippen molar-refractivity contribution in [3.63, 3.8) is 0 Å². The standard InChI is InChI=1S/C16H9Br2N3O/c17-8-1-3-13-10(5-8)12(7-19-13)15-16(21-22)11-6-9(18)2-4-14(11)20-15/h1-7,19-20H. The Kier molecular flexibility index (Phi) is 3.16. The van der Waals surface area contributed by atoms with Crippen molar-refractivity contribution < 1.29 is 0 Å². The maximum absolute atomic E-state index is 11.4. The first-order valence-corrected chi connectivity index (χ1v) is 8.17. The van der Waals surface area contributed by atoms with E-state index in [2.05, 4.69) is 47.0 Å². The molecule has 0 saturated heterocycles. The summed E-state index contributed by atoms with van der Waals surface area (Å²) in [7, 11) is 0. The molecular formula is C16H9Br2N3O. The first kappa shape index (κ1) is 13.7. The minimum atomic E-state index is 0.428. The zero-order valence-electron chi connectivity index (χ0n) is 11.2. The maximum Gasteiger partial charge on any atom is 0.141 e. The van der Waals surface area contributed by atoms with Gasteiger partial charge in [-0.3, -0.25) is 0 Å². The number of nitrogens with zero attached hydrogens (tertiary/aromatic N) is 1. The van der Waals surface area contributed by atoms with Crippen LogP contribution in [0.3, 0.4) is 0 Å². The molecule has 22 heavy (non-hydrogen) atoms. The molecule has 0 aliphatic rings. The predicted molar refractivity (Wildman–Crippen MR) is 96.4 cm³/mol. The van der Waals surface area contributed by atoms with Crippen LogP contribution in [-0.2, 0) is 0 Å². The minimum absolute atomic E-state index is 0.428. The molecule has 0 spiro atoms. The Morgan fingerprint density at radius 2 is 1.59 bits per heavy atom. The predicted octanol–water partition coefficient (Wildman–Crippen LogP) is 6.24. The highest BCUT2D eigenvalue weighted by atomic mass is 79.9. The van der Waals surface area contributed by atoms with Gasteiger partial charge in [0.15, 0.2) is 0 Å². The molecule has 0 saturated carbocycles. The van der Waals surface area contributed by atoms with E-state index in [0.717, 1.165) is 42.0 Å². The summed E-state index contributed by atoms with van der Waals surface area (Å²) in [5.74, 6) is 0. The summed E-state index contributed by atoms with van der Waals surface area (Å²) in [4.78, 5) is 17.9. The van der Waals surface area contributed by atoms with Gasteiger partial charge in [0.2, 0.25) is 0 Å². The van der Waals surface area contributed by atoms with Gasteiger partial charge in [-0.15, -0.1) is 4.91 Å². The number of benzene rings is 2. The first-order chi connectivity index (χ1) is 10.7. The fourth-order valence-corrected chi connectivity index (χ4v) is 3.46. The molecule has 0 fully saturated rings. The summed E-state index contributed by atoms with van der Waals surface area (Å²) in [6.07, 6.45) is 1.89. The SMILES string of the molecule is O=Nc1c(-c2c[nH]c3ccc(Br)cc23)[nH]c2ccc(Br)cc12. The lowest BCUT2D eigenvalue weighted by Crippen LogP contribution is -1.76. The molecule has 4 rings (SSSR count). The molecule has 0 unspecified atom stereocenters. The fourth-order valence-electron chi connectivity index (χ4n) is 2.74. The lowest BCUT2D eigenvalue weighted by molar-refractivity contribution is 1.42. The number of hydrogen-bond acceptors (Lipinski definition) is 2. The van der Waals surface area contributed by atoms with Crippen LogP contribution in [0.2, 0.25) is 0 Å². The second-order valence-electron chi connectivity index (χ2n) is 5.02. The molecule has 0 atom stereocenters. The zero-order chi connectivity index (χ0) is 15.3. The van der Waals surface area contributed by atoms with Crippen molar-refractivity contribution >= 4 is 59.4 Å². The lowest BCUT2D eigenvalue weighted by Gasteiger charge is -1.98. The molecule has 0 amide bonds. The molecule has 2 aromatic carbocycles. The number of nitrogens with one attached hydrogen (secondary N) is 2. The molecule has 6 heteroatoms. The van der Waals surface area contributed by atoms with Gasteiger partial charge < -0.3 is 9.97 Å². The van der Waals surface area contributed by atoms with Crippen LogP contribution < -0.4 is 0 Å². The molecule has 0 aliphatic heterocycles. The van der Waals surface area contributed by atoms with Gasteiger partial charge in [-0.05, 0) is 41.6 Å². The highest BCUT2D eigenvalue weighted by Crippen LogP contribution is 2.41. The Bertz CT molecular complexity index is 1030. The smallest absolute Gasteiger partial charge is 0.141 e. The van der Waals surface area contributed by atoms with Gasteiger partial charge in [0.1, 0.15) is 5.69 Å². The Morgan fingerprint density at radius 3 is 2.32 bits per heavy atom. The van der Waals surface area contributed by atoms with E-state index >= 15 is 0 Å². The average molecular weight is 419 g/mol. The first-order valence-electron chi connectivity index (χ1n) is 6.59. The van der Waals surface area contributed by atoms with Gasteiger partial charge in [-0.2, -0.15) is 0 Å². The number of aromatic nitrogens is 2. The molecule has 0 bridgehead atoms.